The second-order valence-electron chi connectivity index (χ2n) is 8.84. The van der Waals surface area contributed by atoms with Crippen LogP contribution in [0.1, 0.15) is 45.6 Å². The van der Waals surface area contributed by atoms with E-state index in [2.05, 4.69) is 51.5 Å². The predicted octanol–water partition coefficient (Wildman–Crippen LogP) is 4.20. The van der Waals surface area contributed by atoms with Crippen molar-refractivity contribution in [2.24, 2.45) is 0 Å². The molecule has 4 aromatic rings. The number of carboxylic acid groups (broad SMARTS) is 1. The Morgan fingerprint density at radius 2 is 1.81 bits per heavy atom. The predicted molar refractivity (Wildman–Crippen MR) is 130 cm³/mol. The highest BCUT2D eigenvalue weighted by Crippen LogP contribution is 2.28. The first kappa shape index (κ1) is 26.3. The van der Waals surface area contributed by atoms with Crippen LogP contribution in [0.5, 0.6) is 0 Å². The minimum absolute atomic E-state index is 0.408. The van der Waals surface area contributed by atoms with Crippen LogP contribution in [0.15, 0.2) is 43.2 Å². The third kappa shape index (κ3) is 6.53. The second kappa shape index (κ2) is 11.1. The molecule has 10 nitrogen and oxygen atoms in total. The lowest BCUT2D eigenvalue weighted by Gasteiger charge is -2.12. The molecule has 1 fully saturated rings. The van der Waals surface area contributed by atoms with Gasteiger partial charge in [-0.3, -0.25) is 9.36 Å². The summed E-state index contributed by atoms with van der Waals surface area (Å²) in [6.45, 7) is 6.19. The summed E-state index contributed by atoms with van der Waals surface area (Å²) in [5, 5.41) is 24.2. The number of nitrogens with one attached hydrogen (secondary N) is 1. The number of carbonyl (C=O) groups is 1. The Kier molecular flexibility index (Phi) is 7.91. The highest BCUT2D eigenvalue weighted by atomic mass is 19.4. The summed E-state index contributed by atoms with van der Waals surface area (Å²) in [7, 11) is 0. The first-order valence-corrected chi connectivity index (χ1v) is 12.1. The van der Waals surface area contributed by atoms with Gasteiger partial charge in [-0.25, -0.2) is 14.3 Å². The van der Waals surface area contributed by atoms with E-state index in [9.17, 15) is 13.2 Å². The van der Waals surface area contributed by atoms with E-state index in [4.69, 9.17) is 14.9 Å². The highest BCUT2D eigenvalue weighted by Gasteiger charge is 2.38. The topological polar surface area (TPSA) is 115 Å². The number of carboxylic acids is 1. The van der Waals surface area contributed by atoms with Crippen LogP contribution in [-0.4, -0.2) is 64.0 Å². The molecule has 0 atom stereocenters. The van der Waals surface area contributed by atoms with Crippen molar-refractivity contribution in [3.8, 4) is 22.5 Å². The molecule has 0 radical (unpaired) electrons. The number of rotatable bonds is 9. The monoisotopic (exact) mass is 518 g/mol. The van der Waals surface area contributed by atoms with Gasteiger partial charge >= 0.3 is 12.1 Å². The van der Waals surface area contributed by atoms with E-state index < -0.39 is 12.1 Å². The van der Waals surface area contributed by atoms with E-state index in [1.165, 1.54) is 12.8 Å². The number of aromatic nitrogens is 7. The van der Waals surface area contributed by atoms with Crippen molar-refractivity contribution in [2.75, 3.05) is 6.54 Å². The van der Waals surface area contributed by atoms with E-state index in [0.29, 0.717) is 12.1 Å². The minimum Gasteiger partial charge on any atom is -0.475 e. The molecular weight excluding hydrogens is 489 g/mol. The average molecular weight is 519 g/mol. The van der Waals surface area contributed by atoms with E-state index in [1.807, 2.05) is 40.1 Å². The van der Waals surface area contributed by atoms with Crippen LogP contribution in [-0.2, 0) is 11.3 Å². The van der Waals surface area contributed by atoms with Crippen LogP contribution in [0, 0.1) is 0 Å². The van der Waals surface area contributed by atoms with E-state index >= 15 is 0 Å². The number of alkyl halides is 3. The number of hydrogen-bond donors (Lipinski definition) is 2. The van der Waals surface area contributed by atoms with Gasteiger partial charge in [0, 0.05) is 36.1 Å². The molecule has 4 heterocycles. The van der Waals surface area contributed by atoms with Crippen molar-refractivity contribution < 1.29 is 23.1 Å². The van der Waals surface area contributed by atoms with Crippen LogP contribution in [0.3, 0.4) is 0 Å². The van der Waals surface area contributed by atoms with Gasteiger partial charge in [0.15, 0.2) is 0 Å². The maximum atomic E-state index is 10.6. The third-order valence-corrected chi connectivity index (χ3v) is 6.10. The summed E-state index contributed by atoms with van der Waals surface area (Å²) in [6, 6.07) is 3.12. The molecule has 4 aromatic heterocycles. The Morgan fingerprint density at radius 3 is 2.46 bits per heavy atom. The summed E-state index contributed by atoms with van der Waals surface area (Å²) < 4.78 is 37.7. The van der Waals surface area contributed by atoms with Gasteiger partial charge < -0.3 is 10.4 Å². The lowest BCUT2D eigenvalue weighted by atomic mass is 10.1. The van der Waals surface area contributed by atoms with Gasteiger partial charge in [-0.1, -0.05) is 13.8 Å². The zero-order valence-corrected chi connectivity index (χ0v) is 20.6. The quantitative estimate of drug-likeness (QED) is 0.341. The largest absolute Gasteiger partial charge is 0.490 e. The number of fused-ring (bicyclic) bond motifs is 1. The van der Waals surface area contributed by atoms with Gasteiger partial charge in [0.1, 0.15) is 0 Å². The summed E-state index contributed by atoms with van der Waals surface area (Å²) in [5.41, 5.74) is 4.73. The molecule has 0 amide bonds. The summed E-state index contributed by atoms with van der Waals surface area (Å²) in [6.07, 6.45) is 11.4. The van der Waals surface area contributed by atoms with Gasteiger partial charge in [0.25, 0.3) is 0 Å². The van der Waals surface area contributed by atoms with Crippen molar-refractivity contribution in [1.29, 1.82) is 0 Å². The molecule has 1 saturated carbocycles. The molecule has 198 valence electrons. The zero-order chi connectivity index (χ0) is 26.6. The molecule has 37 heavy (non-hydrogen) atoms. The van der Waals surface area contributed by atoms with E-state index in [1.54, 1.807) is 0 Å². The molecule has 0 aliphatic heterocycles. The maximum absolute atomic E-state index is 10.6. The number of nitrogens with zero attached hydrogens (tertiary/aromatic N) is 7. The van der Waals surface area contributed by atoms with Gasteiger partial charge in [-0.2, -0.15) is 28.5 Å². The molecule has 2 N–H and O–H groups in total. The van der Waals surface area contributed by atoms with Crippen LogP contribution in [0.4, 0.5) is 13.2 Å². The summed E-state index contributed by atoms with van der Waals surface area (Å²) in [5.74, 6) is -2.76. The van der Waals surface area contributed by atoms with Crippen molar-refractivity contribution in [2.45, 2.75) is 64.3 Å². The Labute approximate surface area is 211 Å². The molecule has 0 unspecified atom stereocenters. The van der Waals surface area contributed by atoms with Crippen LogP contribution < -0.4 is 5.32 Å². The van der Waals surface area contributed by atoms with Crippen LogP contribution in [0.25, 0.3) is 28.0 Å². The van der Waals surface area contributed by atoms with Crippen molar-refractivity contribution in [1.82, 2.24) is 39.5 Å². The lowest BCUT2D eigenvalue weighted by molar-refractivity contribution is -0.192. The standard InChI is InChI=1S/C22H28N8.C2HF3O2/c1-3-19(4-2)29-14-17(12-26-29)22-21-7-8-24-30(21)15-20(27-22)16-11-25-28(13-16)10-9-23-18-5-6-18;3-2(4,5)1(6)7/h7-8,11-15,18-19,23H,3-6,9-10H2,1-2H3;(H,6,7). The molecule has 0 bridgehead atoms. The zero-order valence-electron chi connectivity index (χ0n) is 20.6. The van der Waals surface area contributed by atoms with Gasteiger partial charge in [-0.15, -0.1) is 0 Å². The fourth-order valence-corrected chi connectivity index (χ4v) is 3.89. The first-order chi connectivity index (χ1) is 17.7. The Morgan fingerprint density at radius 1 is 1.11 bits per heavy atom. The smallest absolute Gasteiger partial charge is 0.475 e. The van der Waals surface area contributed by atoms with Crippen molar-refractivity contribution in [3.05, 3.63) is 43.2 Å². The molecule has 0 aromatic carbocycles. The Bertz CT molecular complexity index is 1340. The van der Waals surface area contributed by atoms with Gasteiger partial charge in [-0.05, 0) is 31.7 Å². The number of halogens is 3. The highest BCUT2D eigenvalue weighted by molar-refractivity contribution is 5.78. The summed E-state index contributed by atoms with van der Waals surface area (Å²) in [4.78, 5) is 13.9. The number of aliphatic carboxylic acids is 1. The molecule has 1 aliphatic rings. The minimum atomic E-state index is -5.08. The van der Waals surface area contributed by atoms with E-state index in [0.717, 1.165) is 54.0 Å². The fraction of sp³-hybridized carbons (Fsp3) is 0.458. The Hall–Kier alpha value is -3.74. The summed E-state index contributed by atoms with van der Waals surface area (Å²) >= 11 is 0. The fourth-order valence-electron chi connectivity index (χ4n) is 3.89. The normalized spacial score (nSPS) is 13.7. The van der Waals surface area contributed by atoms with Crippen molar-refractivity contribution in [3.63, 3.8) is 0 Å². The second-order valence-corrected chi connectivity index (χ2v) is 8.84. The van der Waals surface area contributed by atoms with E-state index in [-0.39, 0.29) is 0 Å². The molecular formula is C24H29F3N8O2. The molecule has 0 spiro atoms. The molecule has 1 aliphatic carbocycles. The van der Waals surface area contributed by atoms with Gasteiger partial charge in [0.2, 0.25) is 0 Å². The van der Waals surface area contributed by atoms with Crippen molar-refractivity contribution >= 4 is 11.5 Å². The molecule has 0 saturated heterocycles. The molecule has 5 rings (SSSR count). The molecule has 13 heteroatoms. The average Bonchev–Trinajstić information content (AvgIpc) is 3.23. The van der Waals surface area contributed by atoms with Crippen LogP contribution >= 0.6 is 0 Å². The Balaban J connectivity index is 0.000000405. The third-order valence-electron chi connectivity index (χ3n) is 6.10. The lowest BCUT2D eigenvalue weighted by Crippen LogP contribution is -2.21. The maximum Gasteiger partial charge on any atom is 0.490 e. The van der Waals surface area contributed by atoms with Crippen LogP contribution in [0.2, 0.25) is 0 Å². The number of hydrogen-bond acceptors (Lipinski definition) is 6. The first-order valence-electron chi connectivity index (χ1n) is 12.1. The SMILES string of the molecule is CCC(CC)n1cc(-c2nc(-c3cnn(CCNC4CC4)c3)cn3nccc23)cn1.O=C(O)C(F)(F)F. The van der Waals surface area contributed by atoms with Gasteiger partial charge in [0.05, 0.1) is 54.3 Å².